The minimum atomic E-state index is -0.507. The van der Waals surface area contributed by atoms with Crippen molar-refractivity contribution in [2.75, 3.05) is 0 Å². The van der Waals surface area contributed by atoms with E-state index in [4.69, 9.17) is 4.42 Å². The molecule has 0 fully saturated rings. The molecule has 0 unspecified atom stereocenters. The molecule has 0 aliphatic rings. The Hall–Kier alpha value is -1.54. The lowest BCUT2D eigenvalue weighted by molar-refractivity contribution is 0.561. The summed E-state index contributed by atoms with van der Waals surface area (Å²) in [7, 11) is 0. The Morgan fingerprint density at radius 3 is 2.78 bits per heavy atom. The molecule has 2 aromatic heterocycles. The van der Waals surface area contributed by atoms with E-state index in [9.17, 15) is 4.79 Å². The second-order valence-corrected chi connectivity index (χ2v) is 5.26. The maximum absolute atomic E-state index is 11.8. The van der Waals surface area contributed by atoms with Gasteiger partial charge in [-0.1, -0.05) is 15.9 Å². The lowest BCUT2D eigenvalue weighted by atomic mass is 10.2. The van der Waals surface area contributed by atoms with Crippen LogP contribution in [0.25, 0.3) is 22.4 Å². The first-order valence-corrected chi connectivity index (χ1v) is 6.40. The molecule has 6 nitrogen and oxygen atoms in total. The third-order valence-electron chi connectivity index (χ3n) is 2.34. The topological polar surface area (TPSA) is 84.7 Å². The van der Waals surface area contributed by atoms with Gasteiger partial charge in [0, 0.05) is 9.86 Å². The molecule has 3 rings (SSSR count). The van der Waals surface area contributed by atoms with E-state index in [1.807, 2.05) is 6.07 Å². The quantitative estimate of drug-likeness (QED) is 0.664. The van der Waals surface area contributed by atoms with Crippen molar-refractivity contribution < 1.29 is 4.42 Å². The standard InChI is InChI=1S/C10H4Br2N4O2/c11-5-1-4-2-6(9-13-15-16-14-9)10(17)18-8(4)7(12)3-5/h1-3H,(H,13,14,15,16). The molecule has 1 N–H and O–H groups in total. The molecule has 0 saturated carbocycles. The number of hydrogen-bond acceptors (Lipinski definition) is 5. The fourth-order valence-electron chi connectivity index (χ4n) is 1.59. The summed E-state index contributed by atoms with van der Waals surface area (Å²) >= 11 is 6.72. The van der Waals surface area contributed by atoms with Crippen molar-refractivity contribution in [3.63, 3.8) is 0 Å². The van der Waals surface area contributed by atoms with Crippen molar-refractivity contribution in [3.8, 4) is 11.4 Å². The van der Waals surface area contributed by atoms with E-state index >= 15 is 0 Å². The number of rotatable bonds is 1. The number of aromatic amines is 1. The number of halogens is 2. The first kappa shape index (κ1) is 11.5. The Morgan fingerprint density at radius 1 is 1.22 bits per heavy atom. The number of fused-ring (bicyclic) bond motifs is 1. The largest absolute Gasteiger partial charge is 0.421 e. The van der Waals surface area contributed by atoms with Gasteiger partial charge < -0.3 is 4.42 Å². The summed E-state index contributed by atoms with van der Waals surface area (Å²) in [5.41, 5.74) is 0.239. The Morgan fingerprint density at radius 2 is 2.06 bits per heavy atom. The first-order chi connectivity index (χ1) is 8.65. The average Bonchev–Trinajstić information content (AvgIpc) is 2.83. The minimum Gasteiger partial charge on any atom is -0.421 e. The molecular weight excluding hydrogens is 368 g/mol. The molecule has 1 aromatic carbocycles. The monoisotopic (exact) mass is 370 g/mol. The Labute approximate surface area is 117 Å². The number of tetrazole rings is 1. The zero-order valence-corrected chi connectivity index (χ0v) is 11.8. The molecule has 0 atom stereocenters. The zero-order valence-electron chi connectivity index (χ0n) is 8.65. The van der Waals surface area contributed by atoms with Crippen LogP contribution in [0.2, 0.25) is 0 Å². The van der Waals surface area contributed by atoms with E-state index < -0.39 is 5.63 Å². The third kappa shape index (κ3) is 1.87. The highest BCUT2D eigenvalue weighted by Gasteiger charge is 2.13. The van der Waals surface area contributed by atoms with Gasteiger partial charge in [-0.15, -0.1) is 10.2 Å². The molecule has 8 heteroatoms. The molecule has 0 aliphatic carbocycles. The van der Waals surface area contributed by atoms with Crippen LogP contribution in [0.3, 0.4) is 0 Å². The van der Waals surface area contributed by atoms with Gasteiger partial charge in [-0.05, 0) is 39.3 Å². The summed E-state index contributed by atoms with van der Waals surface area (Å²) in [5.74, 6) is 0.210. The van der Waals surface area contributed by atoms with E-state index in [-0.39, 0.29) is 11.4 Å². The lowest BCUT2D eigenvalue weighted by Gasteiger charge is -2.02. The molecule has 2 heterocycles. The minimum absolute atomic E-state index is 0.210. The van der Waals surface area contributed by atoms with Crippen LogP contribution in [0.15, 0.2) is 36.4 Å². The van der Waals surface area contributed by atoms with Gasteiger partial charge >= 0.3 is 5.63 Å². The van der Waals surface area contributed by atoms with Gasteiger partial charge in [0.1, 0.15) is 5.56 Å². The van der Waals surface area contributed by atoms with Gasteiger partial charge in [0.05, 0.1) is 4.47 Å². The molecule has 0 spiro atoms. The fourth-order valence-corrected chi connectivity index (χ4v) is 2.93. The summed E-state index contributed by atoms with van der Waals surface area (Å²) in [5, 5.41) is 14.0. The number of hydrogen-bond donors (Lipinski definition) is 1. The van der Waals surface area contributed by atoms with E-state index in [0.29, 0.717) is 10.1 Å². The van der Waals surface area contributed by atoms with Crippen molar-refractivity contribution in [3.05, 3.63) is 37.6 Å². The van der Waals surface area contributed by atoms with Crippen LogP contribution in [0.1, 0.15) is 0 Å². The molecular formula is C10H4Br2N4O2. The molecule has 0 amide bonds. The molecule has 0 saturated heterocycles. The lowest BCUT2D eigenvalue weighted by Crippen LogP contribution is -2.04. The summed E-state index contributed by atoms with van der Waals surface area (Å²) in [6.07, 6.45) is 0. The number of aromatic nitrogens is 4. The van der Waals surface area contributed by atoms with Crippen LogP contribution < -0.4 is 5.63 Å². The van der Waals surface area contributed by atoms with E-state index in [1.54, 1.807) is 12.1 Å². The van der Waals surface area contributed by atoms with Gasteiger partial charge in [-0.25, -0.2) is 4.79 Å². The predicted molar refractivity (Wildman–Crippen MR) is 71.1 cm³/mol. The van der Waals surface area contributed by atoms with Crippen LogP contribution in [-0.4, -0.2) is 20.6 Å². The van der Waals surface area contributed by atoms with E-state index in [0.717, 1.165) is 9.86 Å². The maximum Gasteiger partial charge on any atom is 0.347 e. The Balaban J connectivity index is 2.37. The molecule has 0 radical (unpaired) electrons. The highest BCUT2D eigenvalue weighted by molar-refractivity contribution is 9.11. The molecule has 0 bridgehead atoms. The van der Waals surface area contributed by atoms with Crippen molar-refractivity contribution in [2.45, 2.75) is 0 Å². The smallest absolute Gasteiger partial charge is 0.347 e. The second-order valence-electron chi connectivity index (χ2n) is 3.49. The summed E-state index contributed by atoms with van der Waals surface area (Å²) < 4.78 is 6.83. The van der Waals surface area contributed by atoms with Crippen LogP contribution in [0.5, 0.6) is 0 Å². The zero-order chi connectivity index (χ0) is 12.7. The molecule has 90 valence electrons. The fraction of sp³-hybridized carbons (Fsp3) is 0. The van der Waals surface area contributed by atoms with Crippen LogP contribution in [-0.2, 0) is 0 Å². The molecule has 18 heavy (non-hydrogen) atoms. The normalized spacial score (nSPS) is 11.0. The van der Waals surface area contributed by atoms with Gasteiger partial charge in [0.25, 0.3) is 0 Å². The first-order valence-electron chi connectivity index (χ1n) is 4.82. The summed E-state index contributed by atoms with van der Waals surface area (Å²) in [6, 6.07) is 5.31. The molecule has 3 aromatic rings. The number of benzene rings is 1. The van der Waals surface area contributed by atoms with Gasteiger partial charge in [-0.3, -0.25) is 0 Å². The van der Waals surface area contributed by atoms with Crippen molar-refractivity contribution in [2.24, 2.45) is 0 Å². The van der Waals surface area contributed by atoms with E-state index in [1.165, 1.54) is 0 Å². The SMILES string of the molecule is O=c1oc2c(Br)cc(Br)cc2cc1-c1nn[nH]n1. The number of nitrogens with one attached hydrogen (secondary N) is 1. The number of nitrogens with zero attached hydrogens (tertiary/aromatic N) is 3. The van der Waals surface area contributed by atoms with Gasteiger partial charge in [0.15, 0.2) is 5.58 Å². The highest BCUT2D eigenvalue weighted by Crippen LogP contribution is 2.29. The van der Waals surface area contributed by atoms with Crippen molar-refractivity contribution >= 4 is 42.8 Å². The predicted octanol–water partition coefficient (Wildman–Crippen LogP) is 2.50. The average molecular weight is 372 g/mol. The third-order valence-corrected chi connectivity index (χ3v) is 3.38. The summed E-state index contributed by atoms with van der Waals surface area (Å²) in [4.78, 5) is 11.8. The molecule has 0 aliphatic heterocycles. The van der Waals surface area contributed by atoms with Gasteiger partial charge in [0.2, 0.25) is 5.82 Å². The van der Waals surface area contributed by atoms with Gasteiger partial charge in [-0.2, -0.15) is 5.21 Å². The van der Waals surface area contributed by atoms with Crippen molar-refractivity contribution in [1.82, 2.24) is 20.6 Å². The van der Waals surface area contributed by atoms with Crippen LogP contribution in [0, 0.1) is 0 Å². The Bertz CT molecular complexity index is 782. The van der Waals surface area contributed by atoms with E-state index in [2.05, 4.69) is 52.5 Å². The van der Waals surface area contributed by atoms with Crippen LogP contribution >= 0.6 is 31.9 Å². The maximum atomic E-state index is 11.8. The summed E-state index contributed by atoms with van der Waals surface area (Å²) in [6.45, 7) is 0. The second kappa shape index (κ2) is 4.29. The highest BCUT2D eigenvalue weighted by atomic mass is 79.9. The Kier molecular flexibility index (Phi) is 2.75. The number of H-pyrrole nitrogens is 1. The van der Waals surface area contributed by atoms with Crippen molar-refractivity contribution in [1.29, 1.82) is 0 Å². The van der Waals surface area contributed by atoms with Crippen LogP contribution in [0.4, 0.5) is 0 Å².